The fraction of sp³-hybridized carbons (Fsp3) is 0.681. The van der Waals surface area contributed by atoms with E-state index in [1.54, 1.807) is 51.1 Å². The number of allylic oxidation sites excluding steroid dienone is 4. The number of fused-ring (bicyclic) bond motifs is 6. The highest BCUT2D eigenvalue weighted by Gasteiger charge is 2.88. The lowest BCUT2D eigenvalue weighted by molar-refractivity contribution is -0.354. The molecule has 14 unspecified atom stereocenters. The number of carbonyl (C=O) groups excluding carboxylic acids is 3. The zero-order valence-electron chi connectivity index (χ0n) is 38.0. The van der Waals surface area contributed by atoms with Gasteiger partial charge in [-0.25, -0.2) is 4.79 Å². The van der Waals surface area contributed by atoms with Crippen LogP contribution < -0.4 is 0 Å². The lowest BCUT2D eigenvalue weighted by Gasteiger charge is -2.68. The average Bonchev–Trinajstić information content (AvgIpc) is 3.39. The fourth-order valence-electron chi connectivity index (χ4n) is 13.7. The minimum atomic E-state index is -4.67. The Morgan fingerprint density at radius 2 is 1.51 bits per heavy atom. The third-order valence-corrected chi connectivity index (χ3v) is 17.0. The third-order valence-electron chi connectivity index (χ3n) is 17.0. The Bertz CT molecular complexity index is 2330. The first-order valence-electron chi connectivity index (χ1n) is 22.5. The van der Waals surface area contributed by atoms with E-state index in [2.05, 4.69) is 11.8 Å². The minimum Gasteiger partial charge on any atom is -0.507 e. The Labute approximate surface area is 379 Å². The number of esters is 1. The number of ketones is 2. The molecule has 18 heteroatoms. The first kappa shape index (κ1) is 49.5. The maximum Gasteiger partial charge on any atom is 0.394 e. The molecule has 0 radical (unpaired) electrons. The highest BCUT2D eigenvalue weighted by atomic mass is 32.3. The average molecular weight is 932 g/mol. The zero-order valence-corrected chi connectivity index (χ0v) is 38.8. The zero-order chi connectivity index (χ0) is 48.2. The molecule has 14 atom stereocenters. The van der Waals surface area contributed by atoms with E-state index in [4.69, 9.17) is 27.0 Å². The van der Waals surface area contributed by atoms with Gasteiger partial charge in [0.1, 0.15) is 28.2 Å². The monoisotopic (exact) mass is 931 g/mol. The van der Waals surface area contributed by atoms with Crippen LogP contribution in [0.25, 0.3) is 5.76 Å². The Balaban J connectivity index is 0.000000227. The molecule has 5 aliphatic carbocycles. The van der Waals surface area contributed by atoms with Crippen molar-refractivity contribution in [1.29, 1.82) is 0 Å². The van der Waals surface area contributed by atoms with E-state index < -0.39 is 97.1 Å². The molecular weight excluding hydrogens is 867 g/mol. The van der Waals surface area contributed by atoms with Crippen molar-refractivity contribution in [3.63, 3.8) is 0 Å². The van der Waals surface area contributed by atoms with Gasteiger partial charge in [-0.2, -0.15) is 8.42 Å². The van der Waals surface area contributed by atoms with E-state index in [0.29, 0.717) is 55.7 Å². The standard InChI is InChI=1S/C32H49NO9.C15H14O3.H2O4S/c1-6-18(3)25(35)41-24-11-12-26(4)19-8-9-20-28(37)13-23(34)31(39)21(29(28,38)16-30(20,26)42-32(19,24)40)15-33-14-17(2)7-10-22(33)27(31,5)36;1-9(2)7-8-12-13(16)10-5-3-4-6-11(10)14(17)15(12)18;1-5(2,3)4/h6,17,19-24,34,36-40H,7-16H2,1-5H3;3-7,16H,8H2,1-2H3;(H2,1,2,3,4). The Morgan fingerprint density at radius 1 is 0.892 bits per heavy atom. The summed E-state index contributed by atoms with van der Waals surface area (Å²) < 4.78 is 44.2. The molecule has 360 valence electrons. The molecule has 7 fully saturated rings. The summed E-state index contributed by atoms with van der Waals surface area (Å²) in [5.41, 5.74) is -7.02. The smallest absolute Gasteiger partial charge is 0.394 e. The number of hydrogen-bond acceptors (Lipinski definition) is 15. The second-order valence-corrected chi connectivity index (χ2v) is 21.5. The van der Waals surface area contributed by atoms with E-state index in [1.807, 2.05) is 26.8 Å². The molecule has 17 nitrogen and oxygen atoms in total. The van der Waals surface area contributed by atoms with Crippen molar-refractivity contribution in [2.75, 3.05) is 13.1 Å². The molecule has 3 saturated heterocycles. The highest BCUT2D eigenvalue weighted by molar-refractivity contribution is 7.79. The van der Waals surface area contributed by atoms with Crippen molar-refractivity contribution >= 4 is 33.7 Å². The van der Waals surface area contributed by atoms with Crippen LogP contribution in [0.4, 0.5) is 0 Å². The van der Waals surface area contributed by atoms with Crippen LogP contribution in [0.1, 0.15) is 122 Å². The van der Waals surface area contributed by atoms with Gasteiger partial charge < -0.3 is 45.2 Å². The van der Waals surface area contributed by atoms with Gasteiger partial charge in [-0.15, -0.1) is 0 Å². The van der Waals surface area contributed by atoms with Gasteiger partial charge in [-0.3, -0.25) is 23.6 Å². The van der Waals surface area contributed by atoms with Crippen molar-refractivity contribution in [2.45, 2.75) is 158 Å². The predicted molar refractivity (Wildman–Crippen MR) is 233 cm³/mol. The molecule has 1 aromatic rings. The van der Waals surface area contributed by atoms with Crippen LogP contribution in [0.2, 0.25) is 0 Å². The molecular formula is C47H65NO16S. The molecule has 8 aliphatic rings. The number of Topliss-reactive ketones (excluding diaryl/α,β-unsaturated/α-hetero) is 2. The van der Waals surface area contributed by atoms with Gasteiger partial charge in [0, 0.05) is 77.4 Å². The van der Waals surface area contributed by atoms with E-state index >= 15 is 0 Å². The number of ether oxygens (including phenoxy) is 2. The quantitative estimate of drug-likeness (QED) is 0.0687. The number of benzene rings is 1. The first-order chi connectivity index (χ1) is 30.0. The summed E-state index contributed by atoms with van der Waals surface area (Å²) in [5, 5.41) is 84.0. The number of hydrogen-bond donors (Lipinski definition) is 9. The van der Waals surface area contributed by atoms with Crippen LogP contribution in [0.5, 0.6) is 0 Å². The van der Waals surface area contributed by atoms with Crippen LogP contribution in [0, 0.1) is 29.1 Å². The van der Waals surface area contributed by atoms with Crippen LogP contribution >= 0.6 is 0 Å². The van der Waals surface area contributed by atoms with Crippen LogP contribution in [0.3, 0.4) is 0 Å². The first-order valence-corrected chi connectivity index (χ1v) is 23.9. The van der Waals surface area contributed by atoms with Crippen molar-refractivity contribution < 1.29 is 77.1 Å². The maximum absolute atomic E-state index is 12.9. The number of nitrogens with zero attached hydrogens (tertiary/aromatic N) is 1. The molecule has 9 N–H and O–H groups in total. The lowest BCUT2D eigenvalue weighted by atomic mass is 9.49. The van der Waals surface area contributed by atoms with Crippen LogP contribution in [-0.2, 0) is 29.5 Å². The summed E-state index contributed by atoms with van der Waals surface area (Å²) in [7, 11) is -4.67. The third kappa shape index (κ3) is 7.32. The Morgan fingerprint density at radius 3 is 2.12 bits per heavy atom. The van der Waals surface area contributed by atoms with Crippen molar-refractivity contribution in [2.24, 2.45) is 29.1 Å². The Kier molecular flexibility index (Phi) is 12.5. The van der Waals surface area contributed by atoms with Gasteiger partial charge in [0.05, 0.1) is 11.7 Å². The van der Waals surface area contributed by atoms with Crippen molar-refractivity contribution in [3.05, 3.63) is 64.3 Å². The second-order valence-electron chi connectivity index (χ2n) is 20.6. The number of carbonyl (C=O) groups is 3. The predicted octanol–water partition coefficient (Wildman–Crippen LogP) is 3.42. The molecule has 0 amide bonds. The summed E-state index contributed by atoms with van der Waals surface area (Å²) in [6.07, 6.45) is 4.40. The molecule has 9 rings (SSSR count). The summed E-state index contributed by atoms with van der Waals surface area (Å²) in [6, 6.07) is 6.23. The Hall–Kier alpha value is -3.40. The topological polar surface area (TPSA) is 289 Å². The molecule has 1 aromatic carbocycles. The molecule has 0 aromatic heterocycles. The summed E-state index contributed by atoms with van der Waals surface area (Å²) in [6.45, 7) is 13.9. The van der Waals surface area contributed by atoms with E-state index in [-0.39, 0.29) is 48.7 Å². The van der Waals surface area contributed by atoms with E-state index in [1.165, 1.54) is 0 Å². The van der Waals surface area contributed by atoms with E-state index in [9.17, 15) is 50.1 Å². The van der Waals surface area contributed by atoms with E-state index in [0.717, 1.165) is 12.0 Å². The molecule has 4 bridgehead atoms. The normalized spacial score (nSPS) is 43.9. The minimum absolute atomic E-state index is 0.0606. The molecule has 3 aliphatic heterocycles. The number of aliphatic hydroxyl groups is 7. The highest BCUT2D eigenvalue weighted by Crippen LogP contribution is 2.78. The number of aliphatic hydroxyl groups excluding tert-OH is 2. The summed E-state index contributed by atoms with van der Waals surface area (Å²) in [4.78, 5) is 38.7. The van der Waals surface area contributed by atoms with Crippen molar-refractivity contribution in [3.8, 4) is 0 Å². The van der Waals surface area contributed by atoms with Crippen LogP contribution in [-0.4, -0.2) is 141 Å². The molecule has 65 heavy (non-hydrogen) atoms. The fourth-order valence-corrected chi connectivity index (χ4v) is 13.7. The SMILES string of the molecule is CC(C)=CCC1=C(O)c2ccccc2C(=O)C1=O.CC=C(C)C(=O)OC1CCC2(C)C3CCC4C5(O)CC(O)C6(O)C(CN7CC(C)CCC7C6(C)O)C5(O)CC42OC13O.O=S(=O)(O)O. The summed E-state index contributed by atoms with van der Waals surface area (Å²) >= 11 is 0. The number of piperidine rings is 2. The second kappa shape index (κ2) is 16.4. The van der Waals surface area contributed by atoms with Gasteiger partial charge in [-0.1, -0.05) is 55.8 Å². The van der Waals surface area contributed by atoms with Crippen LogP contribution in [0.15, 0.2) is 53.1 Å². The molecule has 3 heterocycles. The maximum atomic E-state index is 12.9. The van der Waals surface area contributed by atoms with Gasteiger partial charge in [0.15, 0.2) is 6.10 Å². The molecule has 1 spiro atoms. The molecule has 4 saturated carbocycles. The lowest BCUT2D eigenvalue weighted by Crippen LogP contribution is -2.85. The van der Waals surface area contributed by atoms with Gasteiger partial charge >= 0.3 is 16.4 Å². The van der Waals surface area contributed by atoms with Crippen molar-refractivity contribution in [1.82, 2.24) is 4.90 Å². The van der Waals surface area contributed by atoms with Gasteiger partial charge in [0.25, 0.3) is 0 Å². The van der Waals surface area contributed by atoms with Gasteiger partial charge in [-0.05, 0) is 85.5 Å². The van der Waals surface area contributed by atoms with Gasteiger partial charge in [0.2, 0.25) is 17.4 Å². The summed E-state index contributed by atoms with van der Waals surface area (Å²) in [5.74, 6) is -5.27. The largest absolute Gasteiger partial charge is 0.507 e. The number of rotatable bonds is 4.